The maximum absolute atomic E-state index is 14.0. The predicted molar refractivity (Wildman–Crippen MR) is 180 cm³/mol. The van der Waals surface area contributed by atoms with Crippen molar-refractivity contribution in [2.75, 3.05) is 13.1 Å². The quantitative estimate of drug-likeness (QED) is 0.0829. The molecule has 1 aromatic carbocycles. The smallest absolute Gasteiger partial charge is 0.475 e. The van der Waals surface area contributed by atoms with Crippen molar-refractivity contribution in [3.63, 3.8) is 0 Å². The highest BCUT2D eigenvalue weighted by molar-refractivity contribution is 6.02. The summed E-state index contributed by atoms with van der Waals surface area (Å²) in [5, 5.41) is 20.6. The van der Waals surface area contributed by atoms with Crippen molar-refractivity contribution in [2.45, 2.75) is 82.5 Å². The van der Waals surface area contributed by atoms with Crippen molar-refractivity contribution >= 4 is 35.4 Å². The molecule has 1 aliphatic heterocycles. The number of carbonyl (C=O) groups is 5. The van der Waals surface area contributed by atoms with Gasteiger partial charge < -0.3 is 32.1 Å². The topological polar surface area (TPSA) is 213 Å². The summed E-state index contributed by atoms with van der Waals surface area (Å²) < 4.78 is 33.6. The maximum atomic E-state index is 14.0. The van der Waals surface area contributed by atoms with Crippen LogP contribution in [0.1, 0.15) is 68.1 Å². The highest BCUT2D eigenvalue weighted by atomic mass is 19.4. The molecular formula is C35H47F3N7O6+. The number of aryl methyl sites for hydroxylation is 1. The number of carbonyl (C=O) groups excluding carboxylic acids is 4. The second-order valence-corrected chi connectivity index (χ2v) is 13.0. The Morgan fingerprint density at radius 1 is 0.902 bits per heavy atom. The summed E-state index contributed by atoms with van der Waals surface area (Å²) in [7, 11) is 1.87. The van der Waals surface area contributed by atoms with E-state index in [0.717, 1.165) is 62.5 Å². The first-order chi connectivity index (χ1) is 24.1. The van der Waals surface area contributed by atoms with Crippen LogP contribution in [-0.2, 0) is 43.9 Å². The zero-order valence-electron chi connectivity index (χ0n) is 28.6. The Morgan fingerprint density at radius 2 is 1.49 bits per heavy atom. The Balaban J connectivity index is 0.000000908. The van der Waals surface area contributed by atoms with Gasteiger partial charge in [-0.15, -0.1) is 0 Å². The van der Waals surface area contributed by atoms with Gasteiger partial charge in [0.15, 0.2) is 12.4 Å². The molecule has 1 saturated carbocycles. The molecule has 1 aromatic heterocycles. The molecular weight excluding hydrogens is 671 g/mol. The van der Waals surface area contributed by atoms with Gasteiger partial charge in [-0.3, -0.25) is 24.6 Å². The molecule has 3 unspecified atom stereocenters. The van der Waals surface area contributed by atoms with Gasteiger partial charge in [-0.05, 0) is 56.1 Å². The molecule has 2 aromatic rings. The first-order valence-corrected chi connectivity index (χ1v) is 16.9. The Morgan fingerprint density at radius 3 is 2.02 bits per heavy atom. The number of halogens is 3. The first kappa shape index (κ1) is 40.4. The number of pyridine rings is 1. The van der Waals surface area contributed by atoms with Crippen molar-refractivity contribution in [3.8, 4) is 0 Å². The number of aliphatic carboxylic acids is 1. The summed E-state index contributed by atoms with van der Waals surface area (Å²) >= 11 is 0. The number of nitrogens with zero attached hydrogens (tertiary/aromatic N) is 2. The highest BCUT2D eigenvalue weighted by Gasteiger charge is 2.39. The zero-order chi connectivity index (χ0) is 37.7. The molecule has 1 aliphatic carbocycles. The average Bonchev–Trinajstić information content (AvgIpc) is 3.09. The van der Waals surface area contributed by atoms with Crippen LogP contribution in [0.15, 0.2) is 48.8 Å². The number of amidine groups is 1. The summed E-state index contributed by atoms with van der Waals surface area (Å²) in [6, 6.07) is 8.79. The fourth-order valence-corrected chi connectivity index (χ4v) is 6.29. The molecule has 8 N–H and O–H groups in total. The van der Waals surface area contributed by atoms with Gasteiger partial charge in [-0.1, -0.05) is 43.5 Å². The largest absolute Gasteiger partial charge is 0.490 e. The molecule has 4 rings (SSSR count). The molecule has 4 amide bonds. The summed E-state index contributed by atoms with van der Waals surface area (Å²) in [4.78, 5) is 64.7. The average molecular weight is 719 g/mol. The summed E-state index contributed by atoms with van der Waals surface area (Å²) in [5.74, 6) is -5.88. The number of alkyl halides is 3. The van der Waals surface area contributed by atoms with E-state index in [-0.39, 0.29) is 30.5 Å². The monoisotopic (exact) mass is 718 g/mol. The fraction of sp³-hybridized carbons (Fsp3) is 0.514. The number of nitrogens with two attached hydrogens (primary N) is 2. The van der Waals surface area contributed by atoms with Crippen LogP contribution in [0.5, 0.6) is 0 Å². The van der Waals surface area contributed by atoms with E-state index >= 15 is 0 Å². The second-order valence-electron chi connectivity index (χ2n) is 13.0. The molecule has 2 aliphatic rings. The van der Waals surface area contributed by atoms with E-state index in [1.807, 2.05) is 36.1 Å². The van der Waals surface area contributed by atoms with Crippen molar-refractivity contribution < 1.29 is 46.8 Å². The van der Waals surface area contributed by atoms with Crippen LogP contribution < -0.4 is 26.7 Å². The lowest BCUT2D eigenvalue weighted by Gasteiger charge is -2.33. The molecule has 2 fully saturated rings. The lowest BCUT2D eigenvalue weighted by Crippen LogP contribution is -2.58. The Kier molecular flexibility index (Phi) is 14.9. The van der Waals surface area contributed by atoms with Crippen LogP contribution in [0.4, 0.5) is 13.2 Å². The van der Waals surface area contributed by atoms with E-state index in [9.17, 15) is 32.3 Å². The fourth-order valence-electron chi connectivity index (χ4n) is 6.29. The van der Waals surface area contributed by atoms with Crippen LogP contribution in [0.2, 0.25) is 0 Å². The normalized spacial score (nSPS) is 16.7. The van der Waals surface area contributed by atoms with Crippen molar-refractivity contribution in [3.05, 3.63) is 65.5 Å². The Hall–Kier alpha value is -5.02. The number of carboxylic acids is 1. The Bertz CT molecular complexity index is 1540. The molecule has 51 heavy (non-hydrogen) atoms. The number of rotatable bonds is 12. The number of carboxylic acid groups (broad SMARTS) is 1. The predicted octanol–water partition coefficient (Wildman–Crippen LogP) is 1.88. The number of primary amides is 1. The SMILES string of the molecule is C[n+]1cccc(CC(NC(=O)C(NC(=O)C(Cc2ccc(C(=N)N)cc2)C(=O)N2CCCCC2)C2CCCCC2)C(N)=O)c1.O=C(O)C(F)(F)F. The second kappa shape index (κ2) is 18.8. The van der Waals surface area contributed by atoms with Gasteiger partial charge in [-0.2, -0.15) is 13.2 Å². The minimum absolute atomic E-state index is 0.0630. The molecule has 0 spiro atoms. The van der Waals surface area contributed by atoms with Gasteiger partial charge >= 0.3 is 12.1 Å². The third kappa shape index (κ3) is 12.7. The van der Waals surface area contributed by atoms with Crippen LogP contribution in [0, 0.1) is 17.2 Å². The third-order valence-corrected chi connectivity index (χ3v) is 9.03. The molecule has 0 bridgehead atoms. The van der Waals surface area contributed by atoms with E-state index < -0.39 is 47.9 Å². The number of nitrogen functional groups attached to an aromatic ring is 1. The number of amides is 4. The van der Waals surface area contributed by atoms with Gasteiger partial charge in [0.05, 0.1) is 0 Å². The lowest BCUT2D eigenvalue weighted by molar-refractivity contribution is -0.671. The molecule has 278 valence electrons. The number of hydrogen-bond acceptors (Lipinski definition) is 6. The number of piperidine rings is 1. The summed E-state index contributed by atoms with van der Waals surface area (Å²) in [5.41, 5.74) is 13.5. The van der Waals surface area contributed by atoms with E-state index in [0.29, 0.717) is 18.7 Å². The van der Waals surface area contributed by atoms with E-state index in [4.69, 9.17) is 26.8 Å². The highest BCUT2D eigenvalue weighted by Crippen LogP contribution is 2.28. The van der Waals surface area contributed by atoms with Crippen LogP contribution in [-0.4, -0.2) is 76.8 Å². The van der Waals surface area contributed by atoms with Gasteiger partial charge in [0.25, 0.3) is 0 Å². The zero-order valence-corrected chi connectivity index (χ0v) is 28.6. The first-order valence-electron chi connectivity index (χ1n) is 16.9. The van der Waals surface area contributed by atoms with E-state index in [1.54, 1.807) is 29.2 Å². The van der Waals surface area contributed by atoms with Crippen LogP contribution in [0.25, 0.3) is 0 Å². The minimum Gasteiger partial charge on any atom is -0.475 e. The number of nitrogens with one attached hydrogen (secondary N) is 3. The van der Waals surface area contributed by atoms with Crippen LogP contribution >= 0.6 is 0 Å². The van der Waals surface area contributed by atoms with E-state index in [1.165, 1.54) is 0 Å². The molecule has 1 saturated heterocycles. The number of aromatic nitrogens is 1. The number of benzene rings is 1. The van der Waals surface area contributed by atoms with Gasteiger partial charge in [0, 0.05) is 36.7 Å². The summed E-state index contributed by atoms with van der Waals surface area (Å²) in [6.45, 7) is 1.19. The summed E-state index contributed by atoms with van der Waals surface area (Å²) in [6.07, 6.45) is 6.25. The van der Waals surface area contributed by atoms with Gasteiger partial charge in [0.1, 0.15) is 30.9 Å². The Labute approximate surface area is 294 Å². The third-order valence-electron chi connectivity index (χ3n) is 9.03. The van der Waals surface area contributed by atoms with E-state index in [2.05, 4.69) is 10.6 Å². The van der Waals surface area contributed by atoms with Gasteiger partial charge in [-0.25, -0.2) is 9.36 Å². The van der Waals surface area contributed by atoms with Crippen molar-refractivity contribution in [2.24, 2.45) is 30.4 Å². The maximum Gasteiger partial charge on any atom is 0.490 e. The van der Waals surface area contributed by atoms with Crippen molar-refractivity contribution in [1.29, 1.82) is 5.41 Å². The van der Waals surface area contributed by atoms with Crippen LogP contribution in [0.3, 0.4) is 0 Å². The molecule has 2 heterocycles. The molecule has 3 atom stereocenters. The van der Waals surface area contributed by atoms with Crippen molar-refractivity contribution in [1.82, 2.24) is 15.5 Å². The molecule has 16 heteroatoms. The lowest BCUT2D eigenvalue weighted by atomic mass is 9.83. The molecule has 0 radical (unpaired) electrons. The number of hydrogen-bond donors (Lipinski definition) is 6. The molecule has 13 nitrogen and oxygen atoms in total. The minimum atomic E-state index is -5.08. The van der Waals surface area contributed by atoms with Gasteiger partial charge in [0.2, 0.25) is 23.6 Å². The standard InChI is InChI=1S/C33H45N7O4.C2HF3O2/c1-39-16-8-9-23(21-39)20-27(30(36)41)37-32(43)28(24-10-4-2-5-11-24)38-31(42)26(33(44)40-17-6-3-7-18-40)19-22-12-14-25(15-13-22)29(34)35;3-2(4,5)1(6)7/h8-9,12-16,21,24,26-28H,2-7,10-11,17-20H2,1H3,(H6-,34,35,36,37,38,41,42,43);(H,6,7)/p+1. The number of likely N-dealkylation sites (tertiary alicyclic amines) is 1.